The molecule has 5 heteroatoms. The van der Waals surface area contributed by atoms with Crippen molar-refractivity contribution in [2.45, 2.75) is 0 Å². The number of aromatic carboxylic acids is 1. The van der Waals surface area contributed by atoms with Crippen molar-refractivity contribution in [1.82, 2.24) is 0 Å². The maximum Gasteiger partial charge on any atom is 0.339 e. The molecule has 0 amide bonds. The van der Waals surface area contributed by atoms with E-state index in [9.17, 15) is 9.90 Å². The van der Waals surface area contributed by atoms with Gasteiger partial charge in [-0.1, -0.05) is 24.3 Å². The van der Waals surface area contributed by atoms with E-state index in [0.717, 1.165) is 5.69 Å². The van der Waals surface area contributed by atoms with Gasteiger partial charge in [0, 0.05) is 0 Å². The predicted octanol–water partition coefficient (Wildman–Crippen LogP) is 2.54. The number of phenols is 1. The van der Waals surface area contributed by atoms with E-state index in [1.165, 1.54) is 18.3 Å². The summed E-state index contributed by atoms with van der Waals surface area (Å²) in [5.74, 6) is -1.44. The Morgan fingerprint density at radius 3 is 2.53 bits per heavy atom. The molecule has 0 unspecified atom stereocenters. The highest BCUT2D eigenvalue weighted by Crippen LogP contribution is 2.17. The number of anilines is 1. The van der Waals surface area contributed by atoms with Crippen LogP contribution in [0, 0.1) is 0 Å². The first-order chi connectivity index (χ1) is 9.16. The first-order valence-electron chi connectivity index (χ1n) is 5.57. The number of aromatic hydroxyl groups is 1. The third kappa shape index (κ3) is 3.32. The lowest BCUT2D eigenvalue weighted by molar-refractivity contribution is 0.0694. The molecule has 5 nitrogen and oxygen atoms in total. The van der Waals surface area contributed by atoms with Crippen molar-refractivity contribution >= 4 is 17.9 Å². The monoisotopic (exact) mass is 256 g/mol. The topological polar surface area (TPSA) is 81.9 Å². The lowest BCUT2D eigenvalue weighted by Crippen LogP contribution is -1.97. The Hall–Kier alpha value is -2.82. The van der Waals surface area contributed by atoms with E-state index in [2.05, 4.69) is 10.5 Å². The molecule has 0 saturated carbocycles. The number of hydrogen-bond donors (Lipinski definition) is 3. The number of benzene rings is 2. The van der Waals surface area contributed by atoms with E-state index in [4.69, 9.17) is 5.11 Å². The zero-order chi connectivity index (χ0) is 13.7. The fraction of sp³-hybridized carbons (Fsp3) is 0. The van der Waals surface area contributed by atoms with Crippen molar-refractivity contribution in [2.75, 3.05) is 5.43 Å². The third-order valence-electron chi connectivity index (χ3n) is 2.43. The summed E-state index contributed by atoms with van der Waals surface area (Å²) in [6, 6.07) is 13.6. The SMILES string of the molecule is O=C(O)c1ccc(C=NNc2ccccc2)cc1O. The van der Waals surface area contributed by atoms with Gasteiger partial charge in [0.15, 0.2) is 0 Å². The van der Waals surface area contributed by atoms with E-state index in [1.54, 1.807) is 6.07 Å². The Kier molecular flexibility index (Phi) is 3.78. The zero-order valence-corrected chi connectivity index (χ0v) is 9.95. The van der Waals surface area contributed by atoms with Gasteiger partial charge in [0.1, 0.15) is 11.3 Å². The second kappa shape index (κ2) is 5.68. The molecule has 2 rings (SSSR count). The molecule has 96 valence electrons. The standard InChI is InChI=1S/C14H12N2O3/c17-13-8-10(6-7-12(13)14(18)19)9-15-16-11-4-2-1-3-5-11/h1-9,16-17H,(H,18,19). The number of nitrogens with zero attached hydrogens (tertiary/aromatic N) is 1. The van der Waals surface area contributed by atoms with E-state index < -0.39 is 5.97 Å². The molecule has 0 bridgehead atoms. The number of nitrogens with one attached hydrogen (secondary N) is 1. The van der Waals surface area contributed by atoms with Gasteiger partial charge in [-0.25, -0.2) is 4.79 Å². The van der Waals surface area contributed by atoms with E-state index >= 15 is 0 Å². The van der Waals surface area contributed by atoms with Crippen molar-refractivity contribution in [2.24, 2.45) is 5.10 Å². The summed E-state index contributed by atoms with van der Waals surface area (Å²) in [6.45, 7) is 0. The fourth-order valence-electron chi connectivity index (χ4n) is 1.50. The van der Waals surface area contributed by atoms with Crippen LogP contribution in [0.3, 0.4) is 0 Å². The van der Waals surface area contributed by atoms with Crippen molar-refractivity contribution in [1.29, 1.82) is 0 Å². The molecule has 0 heterocycles. The van der Waals surface area contributed by atoms with Gasteiger partial charge in [0.05, 0.1) is 11.9 Å². The van der Waals surface area contributed by atoms with Crippen molar-refractivity contribution in [3.05, 3.63) is 59.7 Å². The quantitative estimate of drug-likeness (QED) is 0.580. The molecule has 3 N–H and O–H groups in total. The Labute approximate surface area is 109 Å². The molecular weight excluding hydrogens is 244 g/mol. The van der Waals surface area contributed by atoms with Crippen molar-refractivity contribution < 1.29 is 15.0 Å². The molecule has 0 aliphatic rings. The summed E-state index contributed by atoms with van der Waals surface area (Å²) in [5, 5.41) is 22.3. The van der Waals surface area contributed by atoms with Gasteiger partial charge in [-0.15, -0.1) is 0 Å². The Balaban J connectivity index is 2.07. The molecule has 0 saturated heterocycles. The summed E-state index contributed by atoms with van der Waals surface area (Å²) in [7, 11) is 0. The van der Waals surface area contributed by atoms with Crippen LogP contribution in [0.4, 0.5) is 5.69 Å². The second-order valence-electron chi connectivity index (χ2n) is 3.82. The van der Waals surface area contributed by atoms with Crippen LogP contribution < -0.4 is 5.43 Å². The van der Waals surface area contributed by atoms with Gasteiger partial charge < -0.3 is 10.2 Å². The lowest BCUT2D eigenvalue weighted by atomic mass is 10.1. The van der Waals surface area contributed by atoms with E-state index in [-0.39, 0.29) is 11.3 Å². The predicted molar refractivity (Wildman–Crippen MR) is 72.7 cm³/mol. The van der Waals surface area contributed by atoms with Crippen LogP contribution in [0.2, 0.25) is 0 Å². The first kappa shape index (κ1) is 12.6. The van der Waals surface area contributed by atoms with Gasteiger partial charge in [-0.2, -0.15) is 5.10 Å². The molecule has 19 heavy (non-hydrogen) atoms. The number of carboxylic acids is 1. The maximum absolute atomic E-state index is 10.7. The van der Waals surface area contributed by atoms with Crippen LogP contribution in [-0.2, 0) is 0 Å². The van der Waals surface area contributed by atoms with Crippen LogP contribution >= 0.6 is 0 Å². The Bertz CT molecular complexity index is 609. The molecule has 2 aromatic rings. The summed E-state index contributed by atoms with van der Waals surface area (Å²) >= 11 is 0. The molecule has 0 aliphatic carbocycles. The molecule has 2 aromatic carbocycles. The molecule has 0 spiro atoms. The van der Waals surface area contributed by atoms with Gasteiger partial charge in [-0.05, 0) is 29.8 Å². The molecular formula is C14H12N2O3. The summed E-state index contributed by atoms with van der Waals surface area (Å²) < 4.78 is 0. The number of rotatable bonds is 4. The van der Waals surface area contributed by atoms with Crippen molar-refractivity contribution in [3.8, 4) is 5.75 Å². The highest BCUT2D eigenvalue weighted by molar-refractivity contribution is 5.92. The molecule has 0 atom stereocenters. The van der Waals surface area contributed by atoms with Gasteiger partial charge in [-0.3, -0.25) is 5.43 Å². The normalized spacial score (nSPS) is 10.5. The average Bonchev–Trinajstić information content (AvgIpc) is 2.39. The molecule has 0 fully saturated rings. The third-order valence-corrected chi connectivity index (χ3v) is 2.43. The number of carboxylic acid groups (broad SMARTS) is 1. The van der Waals surface area contributed by atoms with E-state index in [1.807, 2.05) is 30.3 Å². The minimum Gasteiger partial charge on any atom is -0.507 e. The van der Waals surface area contributed by atoms with Gasteiger partial charge in [0.2, 0.25) is 0 Å². The minimum atomic E-state index is -1.16. The van der Waals surface area contributed by atoms with Crippen LogP contribution in [0.5, 0.6) is 5.75 Å². The number of para-hydroxylation sites is 1. The van der Waals surface area contributed by atoms with Crippen LogP contribution in [-0.4, -0.2) is 22.4 Å². The molecule has 0 aromatic heterocycles. The average molecular weight is 256 g/mol. The Morgan fingerprint density at radius 2 is 1.89 bits per heavy atom. The number of carbonyl (C=O) groups is 1. The van der Waals surface area contributed by atoms with Gasteiger partial charge >= 0.3 is 5.97 Å². The fourth-order valence-corrected chi connectivity index (χ4v) is 1.50. The van der Waals surface area contributed by atoms with E-state index in [0.29, 0.717) is 5.56 Å². The molecule has 0 radical (unpaired) electrons. The highest BCUT2D eigenvalue weighted by atomic mass is 16.4. The number of hydrazone groups is 1. The largest absolute Gasteiger partial charge is 0.507 e. The smallest absolute Gasteiger partial charge is 0.339 e. The maximum atomic E-state index is 10.7. The first-order valence-corrected chi connectivity index (χ1v) is 5.57. The molecule has 0 aliphatic heterocycles. The zero-order valence-electron chi connectivity index (χ0n) is 9.95. The summed E-state index contributed by atoms with van der Waals surface area (Å²) in [4.78, 5) is 10.7. The summed E-state index contributed by atoms with van der Waals surface area (Å²) in [5.41, 5.74) is 4.13. The highest BCUT2D eigenvalue weighted by Gasteiger charge is 2.08. The number of hydrogen-bond acceptors (Lipinski definition) is 4. The van der Waals surface area contributed by atoms with Crippen LogP contribution in [0.15, 0.2) is 53.6 Å². The summed E-state index contributed by atoms with van der Waals surface area (Å²) in [6.07, 6.45) is 1.50. The second-order valence-corrected chi connectivity index (χ2v) is 3.82. The van der Waals surface area contributed by atoms with Crippen molar-refractivity contribution in [3.63, 3.8) is 0 Å². The van der Waals surface area contributed by atoms with Crippen LogP contribution in [0.1, 0.15) is 15.9 Å². The Morgan fingerprint density at radius 1 is 1.16 bits per heavy atom. The minimum absolute atomic E-state index is 0.131. The lowest BCUT2D eigenvalue weighted by Gasteiger charge is -2.01. The van der Waals surface area contributed by atoms with Gasteiger partial charge in [0.25, 0.3) is 0 Å². The van der Waals surface area contributed by atoms with Crippen LogP contribution in [0.25, 0.3) is 0 Å².